The van der Waals surface area contributed by atoms with Crippen LogP contribution in [-0.4, -0.2) is 0 Å². The third-order valence-electron chi connectivity index (χ3n) is 1.77. The summed E-state index contributed by atoms with van der Waals surface area (Å²) in [7, 11) is 0. The highest BCUT2D eigenvalue weighted by Crippen LogP contribution is 2.16. The molecule has 2 nitrogen and oxygen atoms in total. The van der Waals surface area contributed by atoms with E-state index in [1.54, 1.807) is 22.6 Å². The van der Waals surface area contributed by atoms with Crippen molar-refractivity contribution < 1.29 is 13.2 Å². The van der Waals surface area contributed by atoms with Gasteiger partial charge in [-0.25, -0.2) is 8.78 Å². The second-order valence-electron chi connectivity index (χ2n) is 2.68. The van der Waals surface area contributed by atoms with E-state index in [1.807, 2.05) is 0 Å². The zero-order chi connectivity index (χ0) is 10.3. The van der Waals surface area contributed by atoms with E-state index in [1.165, 1.54) is 6.26 Å². The molecule has 2 rings (SSSR count). The molecule has 0 fully saturated rings. The molecule has 0 N–H and O–H groups in total. The van der Waals surface area contributed by atoms with Crippen LogP contribution in [0.15, 0.2) is 27.6 Å². The molecule has 0 saturated heterocycles. The highest BCUT2D eigenvalue weighted by Gasteiger charge is 2.09. The first kappa shape index (κ1) is 9.57. The SMILES string of the molecule is O=c1c(I)coc2cc(F)c(F)cc12. The summed E-state index contributed by atoms with van der Waals surface area (Å²) in [5.41, 5.74) is -0.305. The smallest absolute Gasteiger partial charge is 0.206 e. The number of hydrogen-bond donors (Lipinski definition) is 0. The van der Waals surface area contributed by atoms with Gasteiger partial charge in [0, 0.05) is 6.07 Å². The fraction of sp³-hybridized carbons (Fsp3) is 0. The lowest BCUT2D eigenvalue weighted by Gasteiger charge is -1.98. The Labute approximate surface area is 90.7 Å². The number of benzene rings is 1. The first-order chi connectivity index (χ1) is 6.59. The Balaban J connectivity index is 2.97. The lowest BCUT2D eigenvalue weighted by molar-refractivity contribution is 0.505. The van der Waals surface area contributed by atoms with Crippen molar-refractivity contribution in [3.63, 3.8) is 0 Å². The van der Waals surface area contributed by atoms with E-state index in [0.717, 1.165) is 12.1 Å². The average molecular weight is 308 g/mol. The van der Waals surface area contributed by atoms with Crippen molar-refractivity contribution in [2.24, 2.45) is 0 Å². The first-order valence-corrected chi connectivity index (χ1v) is 4.73. The molecule has 0 atom stereocenters. The molecule has 72 valence electrons. The van der Waals surface area contributed by atoms with Gasteiger partial charge in [-0.2, -0.15) is 0 Å². The molecule has 0 aliphatic carbocycles. The van der Waals surface area contributed by atoms with Gasteiger partial charge in [-0.1, -0.05) is 0 Å². The topological polar surface area (TPSA) is 30.2 Å². The van der Waals surface area contributed by atoms with Gasteiger partial charge in [0.1, 0.15) is 11.8 Å². The third kappa shape index (κ3) is 1.41. The van der Waals surface area contributed by atoms with Crippen molar-refractivity contribution in [3.05, 3.63) is 43.8 Å². The summed E-state index contributed by atoms with van der Waals surface area (Å²) < 4.78 is 30.8. The molecule has 0 aliphatic rings. The van der Waals surface area contributed by atoms with Crippen LogP contribution in [0.3, 0.4) is 0 Å². The van der Waals surface area contributed by atoms with Gasteiger partial charge in [0.05, 0.1) is 8.96 Å². The van der Waals surface area contributed by atoms with Crippen LogP contribution < -0.4 is 5.43 Å². The van der Waals surface area contributed by atoms with Crippen LogP contribution in [0, 0.1) is 15.2 Å². The third-order valence-corrected chi connectivity index (χ3v) is 2.52. The monoisotopic (exact) mass is 308 g/mol. The highest BCUT2D eigenvalue weighted by atomic mass is 127. The fourth-order valence-electron chi connectivity index (χ4n) is 1.10. The second-order valence-corrected chi connectivity index (χ2v) is 3.84. The Hall–Kier alpha value is -0.980. The van der Waals surface area contributed by atoms with Crippen LogP contribution in [0.5, 0.6) is 0 Å². The molecule has 2 aromatic rings. The summed E-state index contributed by atoms with van der Waals surface area (Å²) in [5, 5.41) is 0.0517. The Morgan fingerprint density at radius 3 is 2.57 bits per heavy atom. The fourth-order valence-corrected chi connectivity index (χ4v) is 1.52. The van der Waals surface area contributed by atoms with Gasteiger partial charge in [-0.15, -0.1) is 0 Å². The average Bonchev–Trinajstić information content (AvgIpc) is 2.15. The van der Waals surface area contributed by atoms with E-state index in [-0.39, 0.29) is 16.4 Å². The van der Waals surface area contributed by atoms with E-state index in [4.69, 9.17) is 4.42 Å². The quantitative estimate of drug-likeness (QED) is 0.701. The van der Waals surface area contributed by atoms with Gasteiger partial charge >= 0.3 is 0 Å². The molecule has 0 aliphatic heterocycles. The van der Waals surface area contributed by atoms with Crippen LogP contribution in [0.4, 0.5) is 8.78 Å². The molecule has 0 radical (unpaired) electrons. The van der Waals surface area contributed by atoms with E-state index < -0.39 is 11.6 Å². The predicted molar refractivity (Wildman–Crippen MR) is 55.1 cm³/mol. The summed E-state index contributed by atoms with van der Waals surface area (Å²) in [6.45, 7) is 0. The van der Waals surface area contributed by atoms with Crippen molar-refractivity contribution >= 4 is 33.6 Å². The number of fused-ring (bicyclic) bond motifs is 1. The molecule has 0 saturated carbocycles. The van der Waals surface area contributed by atoms with E-state index in [0.29, 0.717) is 3.57 Å². The molecule has 0 bridgehead atoms. The molecule has 0 spiro atoms. The minimum absolute atomic E-state index is 0.0503. The molecular formula is C9H3F2IO2. The van der Waals surface area contributed by atoms with Gasteiger partial charge in [-0.05, 0) is 28.7 Å². The molecule has 0 unspecified atom stereocenters. The van der Waals surface area contributed by atoms with Crippen LogP contribution in [0.1, 0.15) is 0 Å². The summed E-state index contributed by atoms with van der Waals surface area (Å²) in [6.07, 6.45) is 1.21. The van der Waals surface area contributed by atoms with Crippen LogP contribution >= 0.6 is 22.6 Å². The van der Waals surface area contributed by atoms with Crippen LogP contribution in [0.2, 0.25) is 0 Å². The Morgan fingerprint density at radius 2 is 1.86 bits per heavy atom. The summed E-state index contributed by atoms with van der Waals surface area (Å²) >= 11 is 1.77. The first-order valence-electron chi connectivity index (χ1n) is 3.65. The normalized spacial score (nSPS) is 10.8. The maximum atomic E-state index is 12.8. The number of hydrogen-bond acceptors (Lipinski definition) is 2. The molecular weight excluding hydrogens is 305 g/mol. The minimum Gasteiger partial charge on any atom is -0.463 e. The Morgan fingerprint density at radius 1 is 1.21 bits per heavy atom. The summed E-state index contributed by atoms with van der Waals surface area (Å²) in [4.78, 5) is 11.4. The predicted octanol–water partition coefficient (Wildman–Crippen LogP) is 2.68. The van der Waals surface area contributed by atoms with Gasteiger partial charge in [-0.3, -0.25) is 4.79 Å². The zero-order valence-electron chi connectivity index (χ0n) is 6.68. The van der Waals surface area contributed by atoms with Gasteiger partial charge in [0.15, 0.2) is 11.6 Å². The number of rotatable bonds is 0. The minimum atomic E-state index is -1.05. The van der Waals surface area contributed by atoms with Crippen LogP contribution in [0.25, 0.3) is 11.0 Å². The number of halogens is 3. The largest absolute Gasteiger partial charge is 0.463 e. The van der Waals surface area contributed by atoms with E-state index in [9.17, 15) is 13.6 Å². The molecule has 1 aromatic heterocycles. The molecule has 0 amide bonds. The molecule has 5 heteroatoms. The lowest BCUT2D eigenvalue weighted by atomic mass is 10.2. The Bertz CT molecular complexity index is 562. The van der Waals surface area contributed by atoms with Crippen molar-refractivity contribution in [2.75, 3.05) is 0 Å². The summed E-state index contributed by atoms with van der Waals surface area (Å²) in [5.74, 6) is -2.08. The molecule has 1 aromatic carbocycles. The lowest BCUT2D eigenvalue weighted by Crippen LogP contribution is -2.05. The molecule has 14 heavy (non-hydrogen) atoms. The Kier molecular flexibility index (Phi) is 2.26. The van der Waals surface area contributed by atoms with E-state index in [2.05, 4.69) is 0 Å². The standard InChI is InChI=1S/C9H3F2IO2/c10-5-1-4-8(2-6(5)11)14-3-7(12)9(4)13/h1-3H. The van der Waals surface area contributed by atoms with Gasteiger partial charge in [0.25, 0.3) is 0 Å². The van der Waals surface area contributed by atoms with Crippen molar-refractivity contribution in [1.29, 1.82) is 0 Å². The van der Waals surface area contributed by atoms with Gasteiger partial charge in [0.2, 0.25) is 5.43 Å². The van der Waals surface area contributed by atoms with Gasteiger partial charge < -0.3 is 4.42 Å². The maximum Gasteiger partial charge on any atom is 0.206 e. The summed E-state index contributed by atoms with van der Waals surface area (Å²) in [6, 6.07) is 1.71. The van der Waals surface area contributed by atoms with Crippen molar-refractivity contribution in [1.82, 2.24) is 0 Å². The highest BCUT2D eigenvalue weighted by molar-refractivity contribution is 14.1. The molecule has 1 heterocycles. The second kappa shape index (κ2) is 3.30. The zero-order valence-corrected chi connectivity index (χ0v) is 8.84. The van der Waals surface area contributed by atoms with Crippen molar-refractivity contribution in [3.8, 4) is 0 Å². The van der Waals surface area contributed by atoms with Crippen molar-refractivity contribution in [2.45, 2.75) is 0 Å². The maximum absolute atomic E-state index is 12.8. The van der Waals surface area contributed by atoms with E-state index >= 15 is 0 Å². The van der Waals surface area contributed by atoms with Crippen LogP contribution in [-0.2, 0) is 0 Å².